The molecule has 0 saturated heterocycles. The zero-order chi connectivity index (χ0) is 10.9. The Balaban J connectivity index is 3.45. The number of halogens is 1. The van der Waals surface area contributed by atoms with E-state index in [0.717, 1.165) is 10.7 Å². The molecular formula is C9H11BrO3S. The van der Waals surface area contributed by atoms with Crippen molar-refractivity contribution < 1.29 is 13.5 Å². The molecule has 0 amide bonds. The van der Waals surface area contributed by atoms with Crippen LogP contribution in [0.3, 0.4) is 0 Å². The van der Waals surface area contributed by atoms with Crippen molar-refractivity contribution in [3.05, 3.63) is 28.2 Å². The van der Waals surface area contributed by atoms with Crippen molar-refractivity contribution in [3.8, 4) is 0 Å². The van der Waals surface area contributed by atoms with Gasteiger partial charge in [0.1, 0.15) is 0 Å². The molecule has 0 aromatic heterocycles. The topological polar surface area (TPSA) is 54.4 Å². The molecule has 1 atom stereocenters. The SMILES string of the molecule is CC(O)c1cc(Br)ccc1S(C)(=O)=O. The van der Waals surface area contributed by atoms with Crippen molar-refractivity contribution in [1.29, 1.82) is 0 Å². The first kappa shape index (κ1) is 11.7. The monoisotopic (exact) mass is 278 g/mol. The largest absolute Gasteiger partial charge is 0.389 e. The Labute approximate surface area is 91.8 Å². The van der Waals surface area contributed by atoms with E-state index < -0.39 is 15.9 Å². The molecule has 0 saturated carbocycles. The summed E-state index contributed by atoms with van der Waals surface area (Å²) >= 11 is 3.23. The van der Waals surface area contributed by atoms with Gasteiger partial charge in [0.15, 0.2) is 9.84 Å². The van der Waals surface area contributed by atoms with Crippen LogP contribution in [0.15, 0.2) is 27.6 Å². The van der Waals surface area contributed by atoms with E-state index in [1.165, 1.54) is 13.0 Å². The quantitative estimate of drug-likeness (QED) is 0.899. The maximum atomic E-state index is 11.3. The van der Waals surface area contributed by atoms with Crippen LogP contribution < -0.4 is 0 Å². The molecule has 0 aliphatic rings. The number of hydrogen-bond donors (Lipinski definition) is 1. The first-order chi connectivity index (χ1) is 6.32. The smallest absolute Gasteiger partial charge is 0.175 e. The molecular weight excluding hydrogens is 268 g/mol. The van der Waals surface area contributed by atoms with E-state index in [0.29, 0.717) is 5.56 Å². The summed E-state index contributed by atoms with van der Waals surface area (Å²) in [4.78, 5) is 0.177. The molecule has 1 rings (SSSR count). The first-order valence-corrected chi connectivity index (χ1v) is 6.68. The van der Waals surface area contributed by atoms with Gasteiger partial charge in [-0.2, -0.15) is 0 Å². The normalized spacial score (nSPS) is 14.0. The minimum absolute atomic E-state index is 0.177. The second-order valence-electron chi connectivity index (χ2n) is 3.13. The standard InChI is InChI=1S/C9H11BrO3S/c1-6(11)8-5-7(10)3-4-9(8)14(2,12)13/h3-6,11H,1-2H3. The van der Waals surface area contributed by atoms with Crippen LogP contribution in [-0.4, -0.2) is 19.8 Å². The van der Waals surface area contributed by atoms with Crippen molar-refractivity contribution in [2.24, 2.45) is 0 Å². The highest BCUT2D eigenvalue weighted by Crippen LogP contribution is 2.25. The fourth-order valence-corrected chi connectivity index (χ4v) is 2.54. The van der Waals surface area contributed by atoms with Gasteiger partial charge in [-0.1, -0.05) is 15.9 Å². The highest BCUT2D eigenvalue weighted by Gasteiger charge is 2.16. The minimum Gasteiger partial charge on any atom is -0.389 e. The molecule has 1 aromatic rings. The summed E-state index contributed by atoms with van der Waals surface area (Å²) in [6.45, 7) is 1.54. The Morgan fingerprint density at radius 3 is 2.43 bits per heavy atom. The summed E-state index contributed by atoms with van der Waals surface area (Å²) in [7, 11) is -3.28. The lowest BCUT2D eigenvalue weighted by atomic mass is 10.1. The Bertz CT molecular complexity index is 437. The van der Waals surface area contributed by atoms with Gasteiger partial charge in [0.25, 0.3) is 0 Å². The van der Waals surface area contributed by atoms with Crippen LogP contribution in [0.4, 0.5) is 0 Å². The summed E-state index contributed by atoms with van der Waals surface area (Å²) in [6, 6.07) is 4.74. The third-order valence-corrected chi connectivity index (χ3v) is 3.49. The molecule has 78 valence electrons. The lowest BCUT2D eigenvalue weighted by Crippen LogP contribution is -2.04. The van der Waals surface area contributed by atoms with E-state index in [1.807, 2.05) is 0 Å². The Hall–Kier alpha value is -0.390. The third-order valence-electron chi connectivity index (χ3n) is 1.82. The molecule has 1 unspecified atom stereocenters. The minimum atomic E-state index is -3.28. The maximum absolute atomic E-state index is 11.3. The zero-order valence-electron chi connectivity index (χ0n) is 7.86. The summed E-state index contributed by atoms with van der Waals surface area (Å²) in [6.07, 6.45) is 0.333. The highest BCUT2D eigenvalue weighted by molar-refractivity contribution is 9.10. The molecule has 3 nitrogen and oxygen atoms in total. The average molecular weight is 279 g/mol. The van der Waals surface area contributed by atoms with Crippen molar-refractivity contribution >= 4 is 25.8 Å². The summed E-state index contributed by atoms with van der Waals surface area (Å²) in [5.74, 6) is 0. The fourth-order valence-electron chi connectivity index (χ4n) is 1.18. The molecule has 0 fully saturated rings. The number of rotatable bonds is 2. The number of hydrogen-bond acceptors (Lipinski definition) is 3. The van der Waals surface area contributed by atoms with Gasteiger partial charge < -0.3 is 5.11 Å². The van der Waals surface area contributed by atoms with Crippen LogP contribution in [0.5, 0.6) is 0 Å². The van der Waals surface area contributed by atoms with Gasteiger partial charge >= 0.3 is 0 Å². The highest BCUT2D eigenvalue weighted by atomic mass is 79.9. The Kier molecular flexibility index (Phi) is 3.34. The van der Waals surface area contributed by atoms with Crippen molar-refractivity contribution in [2.45, 2.75) is 17.9 Å². The molecule has 14 heavy (non-hydrogen) atoms. The van der Waals surface area contributed by atoms with E-state index in [1.54, 1.807) is 12.1 Å². The van der Waals surface area contributed by atoms with Crippen LogP contribution in [0.2, 0.25) is 0 Å². The molecule has 0 aliphatic heterocycles. The maximum Gasteiger partial charge on any atom is 0.175 e. The predicted octanol–water partition coefficient (Wildman–Crippen LogP) is 1.91. The van der Waals surface area contributed by atoms with Crippen molar-refractivity contribution in [1.82, 2.24) is 0 Å². The van der Waals surface area contributed by atoms with Crippen molar-refractivity contribution in [3.63, 3.8) is 0 Å². The number of benzene rings is 1. The van der Waals surface area contributed by atoms with Crippen molar-refractivity contribution in [2.75, 3.05) is 6.26 Å². The van der Waals surface area contributed by atoms with Crippen LogP contribution in [0.25, 0.3) is 0 Å². The van der Waals surface area contributed by atoms with Crippen LogP contribution >= 0.6 is 15.9 Å². The lowest BCUT2D eigenvalue weighted by molar-refractivity contribution is 0.196. The third kappa shape index (κ3) is 2.56. The number of sulfone groups is 1. The van der Waals surface area contributed by atoms with Gasteiger partial charge in [0.05, 0.1) is 11.0 Å². The molecule has 0 spiro atoms. The van der Waals surface area contributed by atoms with Gasteiger partial charge in [-0.15, -0.1) is 0 Å². The van der Waals surface area contributed by atoms with E-state index in [2.05, 4.69) is 15.9 Å². The van der Waals surface area contributed by atoms with Gasteiger partial charge in [-0.25, -0.2) is 8.42 Å². The predicted molar refractivity (Wildman–Crippen MR) is 57.9 cm³/mol. The summed E-state index contributed by atoms with van der Waals surface area (Å²) in [5.41, 5.74) is 0.418. The Morgan fingerprint density at radius 1 is 1.43 bits per heavy atom. The zero-order valence-corrected chi connectivity index (χ0v) is 10.3. The molecule has 0 bridgehead atoms. The van der Waals surface area contributed by atoms with Gasteiger partial charge in [-0.3, -0.25) is 0 Å². The molecule has 0 aliphatic carbocycles. The van der Waals surface area contributed by atoms with Crippen LogP contribution in [0.1, 0.15) is 18.6 Å². The molecule has 0 radical (unpaired) electrons. The second kappa shape index (κ2) is 4.00. The summed E-state index contributed by atoms with van der Waals surface area (Å²) < 4.78 is 23.4. The lowest BCUT2D eigenvalue weighted by Gasteiger charge is -2.10. The van der Waals surface area contributed by atoms with Gasteiger partial charge in [-0.05, 0) is 30.7 Å². The molecule has 5 heteroatoms. The van der Waals surface area contributed by atoms with E-state index in [9.17, 15) is 13.5 Å². The molecule has 0 heterocycles. The van der Waals surface area contributed by atoms with E-state index in [-0.39, 0.29) is 4.90 Å². The summed E-state index contributed by atoms with van der Waals surface area (Å²) in [5, 5.41) is 9.41. The van der Waals surface area contributed by atoms with E-state index >= 15 is 0 Å². The van der Waals surface area contributed by atoms with Crippen LogP contribution in [-0.2, 0) is 9.84 Å². The number of aliphatic hydroxyl groups is 1. The van der Waals surface area contributed by atoms with Crippen LogP contribution in [0, 0.1) is 0 Å². The second-order valence-corrected chi connectivity index (χ2v) is 6.03. The Morgan fingerprint density at radius 2 is 2.00 bits per heavy atom. The fraction of sp³-hybridized carbons (Fsp3) is 0.333. The average Bonchev–Trinajstić information content (AvgIpc) is 2.01. The van der Waals surface area contributed by atoms with Gasteiger partial charge in [0, 0.05) is 10.7 Å². The molecule has 1 N–H and O–H groups in total. The number of aliphatic hydroxyl groups excluding tert-OH is 1. The molecule has 1 aromatic carbocycles. The first-order valence-electron chi connectivity index (χ1n) is 4.00. The van der Waals surface area contributed by atoms with E-state index in [4.69, 9.17) is 0 Å². The van der Waals surface area contributed by atoms with Gasteiger partial charge in [0.2, 0.25) is 0 Å².